The van der Waals surface area contributed by atoms with Crippen LogP contribution in [0.2, 0.25) is 0 Å². The lowest BCUT2D eigenvalue weighted by atomic mass is 10.3. The predicted molar refractivity (Wildman–Crippen MR) is 56.4 cm³/mol. The van der Waals surface area contributed by atoms with Crippen molar-refractivity contribution in [1.82, 2.24) is 19.7 Å². The van der Waals surface area contributed by atoms with Gasteiger partial charge in [-0.25, -0.2) is 4.98 Å². The van der Waals surface area contributed by atoms with Gasteiger partial charge in [0.1, 0.15) is 5.69 Å². The van der Waals surface area contributed by atoms with E-state index in [2.05, 4.69) is 15.1 Å². The lowest BCUT2D eigenvalue weighted by Gasteiger charge is -2.04. The average Bonchev–Trinajstić information content (AvgIpc) is 2.73. The number of rotatable bonds is 2. The molecule has 0 saturated heterocycles. The molecule has 6 heteroatoms. The third-order valence-electron chi connectivity index (χ3n) is 2.29. The molecule has 0 saturated carbocycles. The molecule has 16 heavy (non-hydrogen) atoms. The molecule has 0 aliphatic carbocycles. The number of hydrogen-bond donors (Lipinski definition) is 1. The van der Waals surface area contributed by atoms with Gasteiger partial charge in [0.2, 0.25) is 5.82 Å². The summed E-state index contributed by atoms with van der Waals surface area (Å²) < 4.78 is 14.8. The van der Waals surface area contributed by atoms with E-state index in [0.29, 0.717) is 18.1 Å². The first-order valence-electron chi connectivity index (χ1n) is 4.92. The summed E-state index contributed by atoms with van der Waals surface area (Å²) in [6, 6.07) is 1.72. The minimum Gasteiger partial charge on any atom is -0.303 e. The molecule has 0 amide bonds. The molecule has 0 spiro atoms. The molecule has 0 unspecified atom stereocenters. The molecule has 0 fully saturated rings. The standard InChI is InChI=1S/C10H11FN4O/c1-3-15-7(4-5-12-15)9-13-6(2)8(11)10(16)14-9/h4-5H,3H2,1-2H3,(H,13,14,16). The van der Waals surface area contributed by atoms with Crippen LogP contribution < -0.4 is 5.56 Å². The quantitative estimate of drug-likeness (QED) is 0.827. The van der Waals surface area contributed by atoms with E-state index in [9.17, 15) is 9.18 Å². The lowest BCUT2D eigenvalue weighted by Crippen LogP contribution is -2.16. The Hall–Kier alpha value is -1.98. The molecule has 0 bridgehead atoms. The highest BCUT2D eigenvalue weighted by Gasteiger charge is 2.11. The highest BCUT2D eigenvalue weighted by molar-refractivity contribution is 5.48. The van der Waals surface area contributed by atoms with Gasteiger partial charge in [0.15, 0.2) is 5.82 Å². The molecule has 84 valence electrons. The summed E-state index contributed by atoms with van der Waals surface area (Å²) in [5.74, 6) is -0.505. The Morgan fingerprint density at radius 1 is 1.56 bits per heavy atom. The van der Waals surface area contributed by atoms with Crippen molar-refractivity contribution in [3.05, 3.63) is 34.1 Å². The number of hydrogen-bond acceptors (Lipinski definition) is 3. The van der Waals surface area contributed by atoms with Crippen molar-refractivity contribution in [2.75, 3.05) is 0 Å². The van der Waals surface area contributed by atoms with E-state index in [-0.39, 0.29) is 5.69 Å². The Labute approximate surface area is 91.0 Å². The number of aromatic amines is 1. The SMILES string of the molecule is CCn1nccc1-c1nc(C)c(F)c(=O)[nH]1. The number of aromatic nitrogens is 4. The molecular formula is C10H11FN4O. The summed E-state index contributed by atoms with van der Waals surface area (Å²) in [4.78, 5) is 17.6. The number of H-pyrrole nitrogens is 1. The molecule has 1 N–H and O–H groups in total. The summed E-state index contributed by atoms with van der Waals surface area (Å²) in [7, 11) is 0. The maximum atomic E-state index is 13.1. The maximum absolute atomic E-state index is 13.1. The fourth-order valence-corrected chi connectivity index (χ4v) is 1.48. The van der Waals surface area contributed by atoms with Gasteiger partial charge < -0.3 is 4.98 Å². The zero-order chi connectivity index (χ0) is 11.7. The molecule has 5 nitrogen and oxygen atoms in total. The smallest absolute Gasteiger partial charge is 0.287 e. The van der Waals surface area contributed by atoms with Crippen molar-refractivity contribution < 1.29 is 4.39 Å². The first-order valence-corrected chi connectivity index (χ1v) is 4.92. The van der Waals surface area contributed by atoms with Crippen LogP contribution in [0.25, 0.3) is 11.5 Å². The van der Waals surface area contributed by atoms with Gasteiger partial charge in [-0.05, 0) is 19.9 Å². The van der Waals surface area contributed by atoms with E-state index < -0.39 is 11.4 Å². The summed E-state index contributed by atoms with van der Waals surface area (Å²) in [5, 5.41) is 4.05. The van der Waals surface area contributed by atoms with Crippen LogP contribution in [0.15, 0.2) is 17.1 Å². The molecule has 0 aromatic carbocycles. The second-order valence-electron chi connectivity index (χ2n) is 3.35. The monoisotopic (exact) mass is 222 g/mol. The highest BCUT2D eigenvalue weighted by Crippen LogP contribution is 2.13. The Morgan fingerprint density at radius 2 is 2.31 bits per heavy atom. The number of nitrogens with zero attached hydrogens (tertiary/aromatic N) is 3. The van der Waals surface area contributed by atoms with E-state index in [1.807, 2.05) is 6.92 Å². The number of nitrogens with one attached hydrogen (secondary N) is 1. The van der Waals surface area contributed by atoms with Crippen LogP contribution in [0.1, 0.15) is 12.6 Å². The van der Waals surface area contributed by atoms with Crippen LogP contribution in [-0.2, 0) is 6.54 Å². The fourth-order valence-electron chi connectivity index (χ4n) is 1.48. The van der Waals surface area contributed by atoms with Gasteiger partial charge in [0.25, 0.3) is 5.56 Å². The Bertz CT molecular complexity index is 572. The molecule has 2 rings (SSSR count). The van der Waals surface area contributed by atoms with E-state index in [1.54, 1.807) is 16.9 Å². The zero-order valence-electron chi connectivity index (χ0n) is 8.99. The summed E-state index contributed by atoms with van der Waals surface area (Å²) in [6.45, 7) is 4.04. The van der Waals surface area contributed by atoms with Crippen molar-refractivity contribution in [3.8, 4) is 11.5 Å². The molecule has 0 aliphatic rings. The van der Waals surface area contributed by atoms with Crippen LogP contribution >= 0.6 is 0 Å². The minimum absolute atomic E-state index is 0.0857. The molecule has 0 radical (unpaired) electrons. The Kier molecular flexibility index (Phi) is 2.55. The van der Waals surface area contributed by atoms with E-state index in [4.69, 9.17) is 0 Å². The van der Waals surface area contributed by atoms with Gasteiger partial charge in [0.05, 0.1) is 5.69 Å². The average molecular weight is 222 g/mol. The predicted octanol–water partition coefficient (Wildman–Crippen LogP) is 1.10. The Morgan fingerprint density at radius 3 is 2.94 bits per heavy atom. The van der Waals surface area contributed by atoms with Gasteiger partial charge >= 0.3 is 0 Å². The van der Waals surface area contributed by atoms with Crippen molar-refractivity contribution in [3.63, 3.8) is 0 Å². The second kappa shape index (κ2) is 3.88. The summed E-state index contributed by atoms with van der Waals surface area (Å²) in [5.41, 5.74) is -0.00310. The normalized spacial score (nSPS) is 10.7. The van der Waals surface area contributed by atoms with Crippen molar-refractivity contribution in [2.24, 2.45) is 0 Å². The van der Waals surface area contributed by atoms with Gasteiger partial charge in [0, 0.05) is 12.7 Å². The first-order chi connectivity index (χ1) is 7.63. The minimum atomic E-state index is -0.841. The molecule has 2 aromatic heterocycles. The van der Waals surface area contributed by atoms with Crippen LogP contribution in [0.4, 0.5) is 4.39 Å². The fraction of sp³-hybridized carbons (Fsp3) is 0.300. The molecular weight excluding hydrogens is 211 g/mol. The summed E-state index contributed by atoms with van der Waals surface area (Å²) in [6.07, 6.45) is 1.61. The van der Waals surface area contributed by atoms with Crippen LogP contribution in [0.5, 0.6) is 0 Å². The number of halogens is 1. The van der Waals surface area contributed by atoms with E-state index >= 15 is 0 Å². The second-order valence-corrected chi connectivity index (χ2v) is 3.35. The third-order valence-corrected chi connectivity index (χ3v) is 2.29. The van der Waals surface area contributed by atoms with Gasteiger partial charge in [-0.1, -0.05) is 0 Å². The number of aryl methyl sites for hydroxylation is 2. The zero-order valence-corrected chi connectivity index (χ0v) is 8.99. The van der Waals surface area contributed by atoms with Crippen molar-refractivity contribution >= 4 is 0 Å². The van der Waals surface area contributed by atoms with Crippen LogP contribution in [-0.4, -0.2) is 19.7 Å². The van der Waals surface area contributed by atoms with Gasteiger partial charge in [-0.3, -0.25) is 9.48 Å². The Balaban J connectivity index is 2.61. The van der Waals surface area contributed by atoms with Gasteiger partial charge in [-0.2, -0.15) is 9.49 Å². The maximum Gasteiger partial charge on any atom is 0.287 e. The molecule has 2 heterocycles. The van der Waals surface area contributed by atoms with E-state index in [1.165, 1.54) is 6.92 Å². The molecule has 2 aromatic rings. The first kappa shape index (κ1) is 10.5. The lowest BCUT2D eigenvalue weighted by molar-refractivity contribution is 0.587. The topological polar surface area (TPSA) is 63.6 Å². The highest BCUT2D eigenvalue weighted by atomic mass is 19.1. The van der Waals surface area contributed by atoms with Crippen LogP contribution in [0, 0.1) is 12.7 Å². The van der Waals surface area contributed by atoms with Crippen molar-refractivity contribution in [1.29, 1.82) is 0 Å². The van der Waals surface area contributed by atoms with Crippen molar-refractivity contribution in [2.45, 2.75) is 20.4 Å². The third kappa shape index (κ3) is 1.62. The molecule has 0 atom stereocenters. The van der Waals surface area contributed by atoms with Gasteiger partial charge in [-0.15, -0.1) is 0 Å². The largest absolute Gasteiger partial charge is 0.303 e. The van der Waals surface area contributed by atoms with Crippen LogP contribution in [0.3, 0.4) is 0 Å². The molecule has 0 aliphatic heterocycles. The van der Waals surface area contributed by atoms with E-state index in [0.717, 1.165) is 0 Å². The summed E-state index contributed by atoms with van der Waals surface area (Å²) >= 11 is 0.